The van der Waals surface area contributed by atoms with E-state index in [0.29, 0.717) is 25.0 Å². The third-order valence-electron chi connectivity index (χ3n) is 5.77. The van der Waals surface area contributed by atoms with Gasteiger partial charge < -0.3 is 9.64 Å². The molecule has 2 aliphatic heterocycles. The van der Waals surface area contributed by atoms with Gasteiger partial charge >= 0.3 is 0 Å². The second-order valence-electron chi connectivity index (χ2n) is 7.56. The van der Waals surface area contributed by atoms with Crippen LogP contribution in [0.2, 0.25) is 0 Å². The molecule has 2 saturated heterocycles. The predicted molar refractivity (Wildman–Crippen MR) is 101 cm³/mol. The van der Waals surface area contributed by atoms with Crippen LogP contribution in [0.3, 0.4) is 0 Å². The maximum Gasteiger partial charge on any atom is 0.222 e. The van der Waals surface area contributed by atoms with Gasteiger partial charge in [0.15, 0.2) is 0 Å². The summed E-state index contributed by atoms with van der Waals surface area (Å²) in [4.78, 5) is 16.6. The van der Waals surface area contributed by atoms with E-state index in [0.717, 1.165) is 51.0 Å². The molecule has 3 rings (SSSR count). The average molecular weight is 360 g/mol. The van der Waals surface area contributed by atoms with Crippen molar-refractivity contribution < 1.29 is 13.9 Å². The molecule has 26 heavy (non-hydrogen) atoms. The highest BCUT2D eigenvalue weighted by Crippen LogP contribution is 2.40. The number of ether oxygens (including phenoxy) is 1. The van der Waals surface area contributed by atoms with Gasteiger partial charge in [0, 0.05) is 33.2 Å². The van der Waals surface area contributed by atoms with Crippen molar-refractivity contribution in [3.05, 3.63) is 41.7 Å². The number of methoxy groups -OCH3 is 1. The number of benzene rings is 1. The van der Waals surface area contributed by atoms with Gasteiger partial charge in [0.1, 0.15) is 5.82 Å². The van der Waals surface area contributed by atoms with Crippen LogP contribution in [0.1, 0.15) is 31.2 Å². The summed E-state index contributed by atoms with van der Waals surface area (Å²) in [5, 5.41) is 0. The summed E-state index contributed by atoms with van der Waals surface area (Å²) < 4.78 is 18.1. The van der Waals surface area contributed by atoms with Gasteiger partial charge in [0.25, 0.3) is 0 Å². The number of nitrogens with zero attached hydrogens (tertiary/aromatic N) is 2. The van der Waals surface area contributed by atoms with E-state index < -0.39 is 0 Å². The first-order valence-corrected chi connectivity index (χ1v) is 9.51. The van der Waals surface area contributed by atoms with E-state index in [1.807, 2.05) is 4.90 Å². The van der Waals surface area contributed by atoms with E-state index in [4.69, 9.17) is 4.74 Å². The molecule has 0 aliphatic carbocycles. The number of hydrogen-bond donors (Lipinski definition) is 0. The molecule has 4 nitrogen and oxygen atoms in total. The second kappa shape index (κ2) is 8.78. The van der Waals surface area contributed by atoms with E-state index in [2.05, 4.69) is 17.1 Å². The molecule has 2 fully saturated rings. The van der Waals surface area contributed by atoms with Gasteiger partial charge in [-0.3, -0.25) is 9.69 Å². The van der Waals surface area contributed by atoms with Gasteiger partial charge in [0.2, 0.25) is 5.91 Å². The van der Waals surface area contributed by atoms with Gasteiger partial charge in [-0.2, -0.15) is 0 Å². The summed E-state index contributed by atoms with van der Waals surface area (Å²) in [5.41, 5.74) is 1.32. The Balaban J connectivity index is 1.47. The normalized spacial score (nSPS) is 21.0. The number of halogens is 1. The maximum absolute atomic E-state index is 12.9. The number of carbonyl (C=O) groups excluding carboxylic acids is 1. The van der Waals surface area contributed by atoms with E-state index in [1.165, 1.54) is 12.1 Å². The Morgan fingerprint density at radius 3 is 2.62 bits per heavy atom. The van der Waals surface area contributed by atoms with Crippen LogP contribution in [0.15, 0.2) is 30.3 Å². The van der Waals surface area contributed by atoms with Crippen LogP contribution < -0.4 is 0 Å². The summed E-state index contributed by atoms with van der Waals surface area (Å²) in [5.74, 6) is 0.0753. The van der Waals surface area contributed by atoms with E-state index in [1.54, 1.807) is 19.2 Å². The molecule has 1 amide bonds. The first-order chi connectivity index (χ1) is 12.6. The van der Waals surface area contributed by atoms with Crippen molar-refractivity contribution in [1.82, 2.24) is 9.80 Å². The first kappa shape index (κ1) is 19.1. The van der Waals surface area contributed by atoms with E-state index in [-0.39, 0.29) is 11.7 Å². The Bertz CT molecular complexity index is 621. The largest absolute Gasteiger partial charge is 0.383 e. The zero-order chi connectivity index (χ0) is 18.4. The molecule has 2 heterocycles. The molecule has 5 heteroatoms. The zero-order valence-electron chi connectivity index (χ0n) is 15.6. The van der Waals surface area contributed by atoms with Gasteiger partial charge in [-0.25, -0.2) is 4.39 Å². The minimum Gasteiger partial charge on any atom is -0.383 e. The van der Waals surface area contributed by atoms with Crippen LogP contribution in [-0.2, 0) is 9.53 Å². The Hall–Kier alpha value is -1.72. The SMILES string of the molecule is COCCN1CC2(CCC1=O)CCN(C/C=C/c1ccc(F)cc1)CC2. The molecule has 1 aromatic rings. The topological polar surface area (TPSA) is 32.8 Å². The molecule has 0 aromatic heterocycles. The van der Waals surface area contributed by atoms with Crippen LogP contribution in [0.4, 0.5) is 4.39 Å². The van der Waals surface area contributed by atoms with Crippen LogP contribution >= 0.6 is 0 Å². The fourth-order valence-corrected chi connectivity index (χ4v) is 4.04. The number of piperidine rings is 2. The molecule has 1 aromatic carbocycles. The predicted octanol–water partition coefficient (Wildman–Crippen LogP) is 3.19. The molecule has 0 bridgehead atoms. The number of carbonyl (C=O) groups is 1. The van der Waals surface area contributed by atoms with Crippen molar-refractivity contribution >= 4 is 12.0 Å². The lowest BCUT2D eigenvalue weighted by molar-refractivity contribution is -0.139. The van der Waals surface area contributed by atoms with Gasteiger partial charge in [-0.1, -0.05) is 24.3 Å². The number of hydrogen-bond acceptors (Lipinski definition) is 3. The van der Waals surface area contributed by atoms with E-state index in [9.17, 15) is 9.18 Å². The fraction of sp³-hybridized carbons (Fsp3) is 0.571. The maximum atomic E-state index is 12.9. The molecular formula is C21H29FN2O2. The van der Waals surface area contributed by atoms with Crippen molar-refractivity contribution in [2.45, 2.75) is 25.7 Å². The Labute approximate surface area is 155 Å². The first-order valence-electron chi connectivity index (χ1n) is 9.51. The van der Waals surface area contributed by atoms with E-state index >= 15 is 0 Å². The Morgan fingerprint density at radius 2 is 1.92 bits per heavy atom. The van der Waals surface area contributed by atoms with Gasteiger partial charge in [-0.05, 0) is 55.5 Å². The molecule has 0 saturated carbocycles. The number of likely N-dealkylation sites (tertiary alicyclic amines) is 2. The van der Waals surface area contributed by atoms with Crippen LogP contribution in [0.25, 0.3) is 6.08 Å². The second-order valence-corrected chi connectivity index (χ2v) is 7.56. The molecule has 142 valence electrons. The van der Waals surface area contributed by atoms with Crippen LogP contribution in [0, 0.1) is 11.2 Å². The molecule has 0 unspecified atom stereocenters. The molecule has 2 aliphatic rings. The molecular weight excluding hydrogens is 331 g/mol. The molecule has 0 atom stereocenters. The summed E-state index contributed by atoms with van der Waals surface area (Å²) in [6, 6.07) is 6.57. The van der Waals surface area contributed by atoms with Crippen molar-refractivity contribution in [3.8, 4) is 0 Å². The van der Waals surface area contributed by atoms with Gasteiger partial charge in [-0.15, -0.1) is 0 Å². The van der Waals surface area contributed by atoms with Crippen molar-refractivity contribution in [1.29, 1.82) is 0 Å². The van der Waals surface area contributed by atoms with Crippen molar-refractivity contribution in [2.75, 3.05) is 46.4 Å². The van der Waals surface area contributed by atoms with Crippen molar-refractivity contribution in [3.63, 3.8) is 0 Å². The highest BCUT2D eigenvalue weighted by atomic mass is 19.1. The summed E-state index contributed by atoms with van der Waals surface area (Å²) in [6.07, 6.45) is 8.20. The smallest absolute Gasteiger partial charge is 0.222 e. The van der Waals surface area contributed by atoms with Gasteiger partial charge in [0.05, 0.1) is 6.61 Å². The van der Waals surface area contributed by atoms with Crippen LogP contribution in [0.5, 0.6) is 0 Å². The summed E-state index contributed by atoms with van der Waals surface area (Å²) >= 11 is 0. The highest BCUT2D eigenvalue weighted by molar-refractivity contribution is 5.77. The summed E-state index contributed by atoms with van der Waals surface area (Å²) in [7, 11) is 1.68. The third-order valence-corrected chi connectivity index (χ3v) is 5.77. The lowest BCUT2D eigenvalue weighted by Crippen LogP contribution is -2.52. The molecule has 0 N–H and O–H groups in total. The van der Waals surface area contributed by atoms with Crippen molar-refractivity contribution in [2.24, 2.45) is 5.41 Å². The average Bonchev–Trinajstić information content (AvgIpc) is 2.66. The highest BCUT2D eigenvalue weighted by Gasteiger charge is 2.40. The molecule has 0 radical (unpaired) electrons. The Morgan fingerprint density at radius 1 is 1.19 bits per heavy atom. The minimum absolute atomic E-state index is 0.200. The summed E-state index contributed by atoms with van der Waals surface area (Å²) in [6.45, 7) is 5.26. The number of rotatable bonds is 6. The van der Waals surface area contributed by atoms with Crippen LogP contribution in [-0.4, -0.2) is 62.1 Å². The molecule has 1 spiro atoms. The lowest BCUT2D eigenvalue weighted by Gasteiger charge is -2.47. The Kier molecular flexibility index (Phi) is 6.43. The quantitative estimate of drug-likeness (QED) is 0.781. The fourth-order valence-electron chi connectivity index (χ4n) is 4.04. The number of amides is 1. The third kappa shape index (κ3) is 4.92. The minimum atomic E-state index is -0.200. The zero-order valence-corrected chi connectivity index (χ0v) is 15.6. The monoisotopic (exact) mass is 360 g/mol. The standard InChI is InChI=1S/C21H29FN2O2/c1-26-16-15-24-17-21(9-8-20(24)25)10-13-23(14-11-21)12-2-3-18-4-6-19(22)7-5-18/h2-7H,8-17H2,1H3/b3-2+. The lowest BCUT2D eigenvalue weighted by atomic mass is 9.72.